The molecule has 2 bridgehead atoms. The van der Waals surface area contributed by atoms with Crippen LogP contribution in [0.3, 0.4) is 0 Å². The van der Waals surface area contributed by atoms with Gasteiger partial charge in [-0.15, -0.1) is 0 Å². The number of nitrogens with zero attached hydrogens (tertiary/aromatic N) is 4. The second kappa shape index (κ2) is 7.73. The molecule has 2 aliphatic rings. The van der Waals surface area contributed by atoms with Gasteiger partial charge in [0.15, 0.2) is 0 Å². The number of urea groups is 1. The molecule has 11 heteroatoms. The van der Waals surface area contributed by atoms with Crippen LogP contribution in [0.15, 0.2) is 35.1 Å². The number of fused-ring (bicyclic) bond motifs is 5. The lowest BCUT2D eigenvalue weighted by Crippen LogP contribution is -2.40. The molecule has 168 valence electrons. The highest BCUT2D eigenvalue weighted by Crippen LogP contribution is 2.49. The van der Waals surface area contributed by atoms with Crippen LogP contribution in [-0.4, -0.2) is 31.7 Å². The lowest BCUT2D eigenvalue weighted by Gasteiger charge is -2.27. The number of amides is 2. The van der Waals surface area contributed by atoms with Crippen molar-refractivity contribution in [2.75, 3.05) is 11.9 Å². The maximum Gasteiger partial charge on any atom is 0.336 e. The number of hydrogen-bond donors (Lipinski definition) is 2. The molecule has 8 nitrogen and oxygen atoms in total. The zero-order valence-corrected chi connectivity index (χ0v) is 19.4. The van der Waals surface area contributed by atoms with Gasteiger partial charge in [-0.2, -0.15) is 5.26 Å². The molecule has 1 aromatic heterocycles. The highest BCUT2D eigenvalue weighted by Gasteiger charge is 2.49. The van der Waals surface area contributed by atoms with Crippen molar-refractivity contribution in [3.8, 4) is 17.6 Å². The second-order valence-electron chi connectivity index (χ2n) is 8.03. The minimum absolute atomic E-state index is 0.219. The number of carbonyl (C=O) groups is 1. The summed E-state index contributed by atoms with van der Waals surface area (Å²) in [5.41, 5.74) is 1.56. The summed E-state index contributed by atoms with van der Waals surface area (Å²) < 4.78 is 2.71. The van der Waals surface area contributed by atoms with Gasteiger partial charge in [0.2, 0.25) is 5.88 Å². The van der Waals surface area contributed by atoms with Crippen molar-refractivity contribution >= 4 is 46.5 Å². The third kappa shape index (κ3) is 3.27. The van der Waals surface area contributed by atoms with E-state index in [9.17, 15) is 20.0 Å². The molecule has 0 radical (unpaired) electrons. The van der Waals surface area contributed by atoms with Crippen molar-refractivity contribution in [2.24, 2.45) is 0 Å². The number of carbonyl (C=O) groups excluding carboxylic acids is 1. The number of halogens is 3. The van der Waals surface area contributed by atoms with Gasteiger partial charge in [0.05, 0.1) is 28.4 Å². The van der Waals surface area contributed by atoms with E-state index < -0.39 is 11.7 Å². The Bertz CT molecular complexity index is 1420. The Morgan fingerprint density at radius 2 is 1.91 bits per heavy atom. The third-order valence-electron chi connectivity index (χ3n) is 6.15. The van der Waals surface area contributed by atoms with Crippen LogP contribution in [0.4, 0.5) is 10.5 Å². The summed E-state index contributed by atoms with van der Waals surface area (Å²) in [4.78, 5) is 27.8. The molecular formula is C22H16Cl3N5O3. The van der Waals surface area contributed by atoms with E-state index in [4.69, 9.17) is 34.8 Å². The molecule has 2 atom stereocenters. The monoisotopic (exact) mass is 503 g/mol. The van der Waals surface area contributed by atoms with Crippen molar-refractivity contribution in [3.05, 3.63) is 72.7 Å². The molecule has 0 aliphatic carbocycles. The molecule has 3 heterocycles. The number of rotatable bonds is 2. The molecular weight excluding hydrogens is 489 g/mol. The smallest absolute Gasteiger partial charge is 0.336 e. The van der Waals surface area contributed by atoms with E-state index in [-0.39, 0.29) is 28.5 Å². The minimum Gasteiger partial charge on any atom is -0.493 e. The number of hydrogen-bond acceptors (Lipinski definition) is 4. The van der Waals surface area contributed by atoms with Gasteiger partial charge in [-0.1, -0.05) is 34.8 Å². The molecule has 2 aromatic carbocycles. The zero-order valence-electron chi connectivity index (χ0n) is 17.1. The van der Waals surface area contributed by atoms with Crippen LogP contribution in [0, 0.1) is 18.3 Å². The fourth-order valence-electron chi connectivity index (χ4n) is 4.71. The average molecular weight is 505 g/mol. The molecule has 1 fully saturated rings. The fourth-order valence-corrected chi connectivity index (χ4v) is 5.44. The normalized spacial score (nSPS) is 18.3. The van der Waals surface area contributed by atoms with Gasteiger partial charge in [-0.25, -0.2) is 14.2 Å². The third-order valence-corrected chi connectivity index (χ3v) is 7.07. The summed E-state index contributed by atoms with van der Waals surface area (Å²) in [6, 6.07) is 8.67. The molecule has 0 saturated carbocycles. The van der Waals surface area contributed by atoms with Crippen molar-refractivity contribution in [3.63, 3.8) is 0 Å². The van der Waals surface area contributed by atoms with E-state index in [1.807, 2.05) is 6.07 Å². The van der Waals surface area contributed by atoms with Crippen molar-refractivity contribution in [2.45, 2.75) is 25.4 Å². The molecule has 2 N–H and O–H groups in total. The number of anilines is 1. The second-order valence-corrected chi connectivity index (χ2v) is 9.28. The highest BCUT2D eigenvalue weighted by molar-refractivity contribution is 6.35. The Kier molecular flexibility index (Phi) is 5.09. The fraction of sp³-hybridized carbons (Fsp3) is 0.227. The largest absolute Gasteiger partial charge is 0.493 e. The van der Waals surface area contributed by atoms with Gasteiger partial charge in [0.1, 0.15) is 11.8 Å². The Balaban J connectivity index is 1.51. The standard InChI is InChI=1S/C22H16Cl3N5O3/c1-10-16(3-2-11(8-26)18(10)25)30-20(31)19-17-7-15(29(19)22(30)33)9-28(17)21(32)27-14-5-12(23)4-13(24)6-14/h2-6,15,17,31H,7,9H2,1H3,(H,27,32)/t15-,17?/m1/s1. The first-order chi connectivity index (χ1) is 15.7. The van der Waals surface area contributed by atoms with Crippen LogP contribution in [0.25, 0.3) is 5.69 Å². The summed E-state index contributed by atoms with van der Waals surface area (Å²) in [6.07, 6.45) is 0.524. The summed E-state index contributed by atoms with van der Waals surface area (Å²) >= 11 is 18.3. The molecule has 3 aromatic rings. The zero-order chi connectivity index (χ0) is 23.6. The van der Waals surface area contributed by atoms with Gasteiger partial charge in [0, 0.05) is 22.3 Å². The van der Waals surface area contributed by atoms with E-state index in [2.05, 4.69) is 5.32 Å². The van der Waals surface area contributed by atoms with E-state index in [0.717, 1.165) is 0 Å². The van der Waals surface area contributed by atoms with Crippen LogP contribution in [0.5, 0.6) is 5.88 Å². The maximum absolute atomic E-state index is 13.2. The summed E-state index contributed by atoms with van der Waals surface area (Å²) in [5.74, 6) is -0.250. The van der Waals surface area contributed by atoms with Crippen LogP contribution in [0.1, 0.15) is 35.3 Å². The first-order valence-corrected chi connectivity index (χ1v) is 11.1. The lowest BCUT2D eigenvalue weighted by molar-refractivity contribution is 0.198. The number of aromatic nitrogens is 2. The quantitative estimate of drug-likeness (QED) is 0.511. The number of nitriles is 1. The summed E-state index contributed by atoms with van der Waals surface area (Å²) in [6.45, 7) is 1.99. The number of benzene rings is 2. The van der Waals surface area contributed by atoms with E-state index >= 15 is 0 Å². The van der Waals surface area contributed by atoms with Crippen molar-refractivity contribution in [1.82, 2.24) is 14.0 Å². The van der Waals surface area contributed by atoms with Gasteiger partial charge in [-0.3, -0.25) is 4.57 Å². The Hall–Kier alpha value is -3.12. The van der Waals surface area contributed by atoms with Crippen LogP contribution in [0.2, 0.25) is 15.1 Å². The number of aromatic hydroxyl groups is 1. The van der Waals surface area contributed by atoms with Crippen molar-refractivity contribution in [1.29, 1.82) is 5.26 Å². The van der Waals surface area contributed by atoms with Crippen LogP contribution < -0.4 is 11.0 Å². The van der Waals surface area contributed by atoms with Gasteiger partial charge < -0.3 is 15.3 Å². The number of imidazole rings is 1. The van der Waals surface area contributed by atoms with Crippen molar-refractivity contribution < 1.29 is 9.90 Å². The molecule has 1 unspecified atom stereocenters. The summed E-state index contributed by atoms with van der Waals surface area (Å²) in [5, 5.41) is 24.0. The predicted molar refractivity (Wildman–Crippen MR) is 125 cm³/mol. The van der Waals surface area contributed by atoms with Crippen LogP contribution >= 0.6 is 34.8 Å². The Labute approximate surface area is 203 Å². The number of nitrogens with one attached hydrogen (secondary N) is 1. The van der Waals surface area contributed by atoms with E-state index in [0.29, 0.717) is 45.6 Å². The number of likely N-dealkylation sites (tertiary alicyclic amines) is 1. The average Bonchev–Trinajstić information content (AvgIpc) is 3.41. The Morgan fingerprint density at radius 3 is 2.58 bits per heavy atom. The van der Waals surface area contributed by atoms with Gasteiger partial charge >= 0.3 is 11.7 Å². The maximum atomic E-state index is 13.2. The minimum atomic E-state index is -0.479. The van der Waals surface area contributed by atoms with Gasteiger partial charge in [-0.05, 0) is 49.2 Å². The first kappa shape index (κ1) is 21.7. The highest BCUT2D eigenvalue weighted by atomic mass is 35.5. The van der Waals surface area contributed by atoms with E-state index in [1.165, 1.54) is 15.2 Å². The molecule has 5 rings (SSSR count). The van der Waals surface area contributed by atoms with Gasteiger partial charge in [0.25, 0.3) is 0 Å². The topological polar surface area (TPSA) is 103 Å². The molecule has 2 amide bonds. The molecule has 2 aliphatic heterocycles. The predicted octanol–water partition coefficient (Wildman–Crippen LogP) is 5.02. The Morgan fingerprint density at radius 1 is 1.21 bits per heavy atom. The molecule has 1 saturated heterocycles. The summed E-state index contributed by atoms with van der Waals surface area (Å²) in [7, 11) is 0. The molecule has 33 heavy (non-hydrogen) atoms. The SMILES string of the molecule is Cc1c(-n2c(O)c3n(c2=O)[C@@H]2CC3N(C(=O)Nc3cc(Cl)cc(Cl)c3)C2)ccc(C#N)c1Cl. The van der Waals surface area contributed by atoms with Crippen LogP contribution in [-0.2, 0) is 0 Å². The molecule has 0 spiro atoms. The lowest BCUT2D eigenvalue weighted by atomic mass is 10.1. The van der Waals surface area contributed by atoms with E-state index in [1.54, 1.807) is 36.1 Å². The first-order valence-electron chi connectivity index (χ1n) is 10.0.